The molecule has 1 heterocycles. The second kappa shape index (κ2) is 8.36. The first-order valence-corrected chi connectivity index (χ1v) is 8.14. The number of urea groups is 1. The van der Waals surface area contributed by atoms with Crippen molar-refractivity contribution < 1.29 is 4.79 Å². The molecular formula is C16H25ClN4O. The molecule has 0 unspecified atom stereocenters. The van der Waals surface area contributed by atoms with Gasteiger partial charge in [0.25, 0.3) is 0 Å². The molecule has 2 rings (SSSR count). The van der Waals surface area contributed by atoms with Gasteiger partial charge < -0.3 is 20.4 Å². The van der Waals surface area contributed by atoms with Gasteiger partial charge in [-0.25, -0.2) is 4.79 Å². The molecule has 0 atom stereocenters. The lowest BCUT2D eigenvalue weighted by molar-refractivity contribution is 0.153. The van der Waals surface area contributed by atoms with Crippen molar-refractivity contribution in [3.63, 3.8) is 0 Å². The Morgan fingerprint density at radius 1 is 1.27 bits per heavy atom. The summed E-state index contributed by atoms with van der Waals surface area (Å²) in [5, 5.41) is 6.36. The number of rotatable bonds is 5. The molecule has 1 aromatic rings. The van der Waals surface area contributed by atoms with Gasteiger partial charge in [-0.1, -0.05) is 17.7 Å². The highest BCUT2D eigenvalue weighted by atomic mass is 35.5. The molecule has 6 heteroatoms. The number of carbonyl (C=O) groups is 1. The molecule has 122 valence electrons. The van der Waals surface area contributed by atoms with Gasteiger partial charge in [-0.3, -0.25) is 0 Å². The van der Waals surface area contributed by atoms with E-state index in [1.807, 2.05) is 19.1 Å². The Balaban J connectivity index is 1.64. The van der Waals surface area contributed by atoms with E-state index >= 15 is 0 Å². The summed E-state index contributed by atoms with van der Waals surface area (Å²) >= 11 is 5.94. The minimum Gasteiger partial charge on any atom is -0.338 e. The van der Waals surface area contributed by atoms with Crippen molar-refractivity contribution in [3.8, 4) is 0 Å². The first-order valence-electron chi connectivity index (χ1n) is 7.76. The molecular weight excluding hydrogens is 300 g/mol. The topological polar surface area (TPSA) is 47.6 Å². The van der Waals surface area contributed by atoms with E-state index in [4.69, 9.17) is 11.6 Å². The van der Waals surface area contributed by atoms with Crippen LogP contribution in [0.5, 0.6) is 0 Å². The lowest BCUT2D eigenvalue weighted by atomic mass is 10.2. The summed E-state index contributed by atoms with van der Waals surface area (Å²) in [7, 11) is 2.15. The summed E-state index contributed by atoms with van der Waals surface area (Å²) in [4.78, 5) is 16.7. The molecule has 1 aliphatic rings. The number of halogens is 1. The minimum atomic E-state index is -0.177. The lowest BCUT2D eigenvalue weighted by Crippen LogP contribution is -2.45. The van der Waals surface area contributed by atoms with Crippen molar-refractivity contribution >= 4 is 23.3 Å². The number of carbonyl (C=O) groups excluding carboxylic acids is 1. The summed E-state index contributed by atoms with van der Waals surface area (Å²) < 4.78 is 0. The third-order valence-corrected chi connectivity index (χ3v) is 4.22. The second-order valence-corrected chi connectivity index (χ2v) is 6.28. The number of benzene rings is 1. The number of amides is 2. The first kappa shape index (κ1) is 17.1. The number of hydrogen-bond acceptors (Lipinski definition) is 3. The average molecular weight is 325 g/mol. The SMILES string of the molecule is Cc1ccc(Cl)cc1NC(=O)NCCCN1CCN(C)CC1. The molecule has 1 aliphatic heterocycles. The van der Waals surface area contributed by atoms with Crippen molar-refractivity contribution in [2.45, 2.75) is 13.3 Å². The fourth-order valence-electron chi connectivity index (χ4n) is 2.47. The molecule has 2 amide bonds. The third kappa shape index (κ3) is 5.48. The number of nitrogens with zero attached hydrogens (tertiary/aromatic N) is 2. The predicted octanol–water partition coefficient (Wildman–Crippen LogP) is 2.41. The molecule has 0 aliphatic carbocycles. The van der Waals surface area contributed by atoms with Crippen LogP contribution < -0.4 is 10.6 Å². The van der Waals surface area contributed by atoms with Crippen LogP contribution in [0, 0.1) is 6.92 Å². The minimum absolute atomic E-state index is 0.177. The summed E-state index contributed by atoms with van der Waals surface area (Å²) in [5.41, 5.74) is 1.75. The Bertz CT molecular complexity index is 501. The Hall–Kier alpha value is -1.30. The highest BCUT2D eigenvalue weighted by Gasteiger charge is 2.13. The van der Waals surface area contributed by atoms with E-state index < -0.39 is 0 Å². The van der Waals surface area contributed by atoms with Crippen LogP contribution in [0.4, 0.5) is 10.5 Å². The molecule has 5 nitrogen and oxygen atoms in total. The fraction of sp³-hybridized carbons (Fsp3) is 0.562. The van der Waals surface area contributed by atoms with E-state index in [2.05, 4.69) is 27.5 Å². The summed E-state index contributed by atoms with van der Waals surface area (Å²) in [6, 6.07) is 5.30. The highest BCUT2D eigenvalue weighted by molar-refractivity contribution is 6.31. The molecule has 0 aromatic heterocycles. The smallest absolute Gasteiger partial charge is 0.319 e. The van der Waals surface area contributed by atoms with Gasteiger partial charge >= 0.3 is 6.03 Å². The number of nitrogens with one attached hydrogen (secondary N) is 2. The third-order valence-electron chi connectivity index (χ3n) is 3.98. The normalized spacial score (nSPS) is 16.5. The van der Waals surface area contributed by atoms with Crippen molar-refractivity contribution in [2.24, 2.45) is 0 Å². The van der Waals surface area contributed by atoms with Crippen LogP contribution in [0.3, 0.4) is 0 Å². The van der Waals surface area contributed by atoms with Gasteiger partial charge in [0, 0.05) is 43.4 Å². The molecule has 1 fully saturated rings. The Morgan fingerprint density at radius 3 is 2.73 bits per heavy atom. The quantitative estimate of drug-likeness (QED) is 0.818. The molecule has 0 radical (unpaired) electrons. The number of hydrogen-bond donors (Lipinski definition) is 2. The van der Waals surface area contributed by atoms with E-state index in [1.54, 1.807) is 6.07 Å². The molecule has 22 heavy (non-hydrogen) atoms. The van der Waals surface area contributed by atoms with E-state index in [9.17, 15) is 4.79 Å². The van der Waals surface area contributed by atoms with Gasteiger partial charge in [0.1, 0.15) is 0 Å². The largest absolute Gasteiger partial charge is 0.338 e. The summed E-state index contributed by atoms with van der Waals surface area (Å²) in [6.07, 6.45) is 0.964. The van der Waals surface area contributed by atoms with Crippen LogP contribution >= 0.6 is 11.6 Å². The maximum Gasteiger partial charge on any atom is 0.319 e. The zero-order chi connectivity index (χ0) is 15.9. The van der Waals surface area contributed by atoms with Crippen LogP contribution in [-0.4, -0.2) is 62.1 Å². The van der Waals surface area contributed by atoms with Gasteiger partial charge in [-0.15, -0.1) is 0 Å². The van der Waals surface area contributed by atoms with Crippen LogP contribution in [0.2, 0.25) is 5.02 Å². The average Bonchev–Trinajstić information content (AvgIpc) is 2.49. The van der Waals surface area contributed by atoms with Crippen LogP contribution in [-0.2, 0) is 0 Å². The standard InChI is InChI=1S/C16H25ClN4O/c1-13-4-5-14(17)12-15(13)19-16(22)18-6-3-7-21-10-8-20(2)9-11-21/h4-5,12H,3,6-11H2,1-2H3,(H2,18,19,22). The zero-order valence-corrected chi connectivity index (χ0v) is 14.1. The molecule has 0 bridgehead atoms. The number of anilines is 1. The fourth-order valence-corrected chi connectivity index (χ4v) is 2.64. The Kier molecular flexibility index (Phi) is 6.49. The second-order valence-electron chi connectivity index (χ2n) is 5.84. The van der Waals surface area contributed by atoms with E-state index in [-0.39, 0.29) is 6.03 Å². The van der Waals surface area contributed by atoms with E-state index in [1.165, 1.54) is 0 Å². The van der Waals surface area contributed by atoms with Crippen molar-refractivity contribution in [2.75, 3.05) is 51.6 Å². The molecule has 2 N–H and O–H groups in total. The van der Waals surface area contributed by atoms with Gasteiger partial charge in [-0.05, 0) is 44.6 Å². The number of aryl methyl sites for hydroxylation is 1. The molecule has 0 saturated carbocycles. The maximum atomic E-state index is 11.9. The Morgan fingerprint density at radius 2 is 2.00 bits per heavy atom. The molecule has 1 aromatic carbocycles. The van der Waals surface area contributed by atoms with Crippen molar-refractivity contribution in [3.05, 3.63) is 28.8 Å². The summed E-state index contributed by atoms with van der Waals surface area (Å²) in [6.45, 7) is 8.14. The number of likely N-dealkylation sites (N-methyl/N-ethyl adjacent to an activating group) is 1. The highest BCUT2D eigenvalue weighted by Crippen LogP contribution is 2.19. The van der Waals surface area contributed by atoms with E-state index in [0.29, 0.717) is 11.6 Å². The van der Waals surface area contributed by atoms with Gasteiger partial charge in [0.2, 0.25) is 0 Å². The number of piperazine rings is 1. The van der Waals surface area contributed by atoms with Crippen LogP contribution in [0.15, 0.2) is 18.2 Å². The Labute approximate surface area is 137 Å². The van der Waals surface area contributed by atoms with Crippen LogP contribution in [0.1, 0.15) is 12.0 Å². The maximum absolute atomic E-state index is 11.9. The van der Waals surface area contributed by atoms with Crippen molar-refractivity contribution in [1.82, 2.24) is 15.1 Å². The van der Waals surface area contributed by atoms with E-state index in [0.717, 1.165) is 50.4 Å². The molecule has 1 saturated heterocycles. The van der Waals surface area contributed by atoms with Crippen molar-refractivity contribution in [1.29, 1.82) is 0 Å². The van der Waals surface area contributed by atoms with Gasteiger partial charge in [-0.2, -0.15) is 0 Å². The monoisotopic (exact) mass is 324 g/mol. The first-order chi connectivity index (χ1) is 10.5. The molecule has 0 spiro atoms. The van der Waals surface area contributed by atoms with Gasteiger partial charge in [0.05, 0.1) is 0 Å². The van der Waals surface area contributed by atoms with Gasteiger partial charge in [0.15, 0.2) is 0 Å². The predicted molar refractivity (Wildman–Crippen MR) is 91.8 cm³/mol. The lowest BCUT2D eigenvalue weighted by Gasteiger charge is -2.32. The summed E-state index contributed by atoms with van der Waals surface area (Å²) in [5.74, 6) is 0. The zero-order valence-electron chi connectivity index (χ0n) is 13.4. The van der Waals surface area contributed by atoms with Crippen LogP contribution in [0.25, 0.3) is 0 Å².